The van der Waals surface area contributed by atoms with Crippen molar-refractivity contribution in [1.82, 2.24) is 10.2 Å². The third kappa shape index (κ3) is 5.26. The van der Waals surface area contributed by atoms with Crippen LogP contribution in [0.4, 0.5) is 0 Å². The lowest BCUT2D eigenvalue weighted by molar-refractivity contribution is 0.248. The van der Waals surface area contributed by atoms with Crippen molar-refractivity contribution in [2.24, 2.45) is 5.92 Å². The van der Waals surface area contributed by atoms with Crippen molar-refractivity contribution in [2.75, 3.05) is 32.8 Å². The van der Waals surface area contributed by atoms with Gasteiger partial charge in [0.1, 0.15) is 0 Å². The van der Waals surface area contributed by atoms with Crippen LogP contribution in [0.2, 0.25) is 5.02 Å². The first-order valence-corrected chi connectivity index (χ1v) is 8.42. The third-order valence-electron chi connectivity index (χ3n) is 4.34. The second-order valence-electron chi connectivity index (χ2n) is 5.92. The lowest BCUT2D eigenvalue weighted by atomic mass is 10.0. The van der Waals surface area contributed by atoms with Gasteiger partial charge in [-0.3, -0.25) is 0 Å². The molecule has 1 aliphatic heterocycles. The van der Waals surface area contributed by atoms with Gasteiger partial charge in [0.05, 0.1) is 0 Å². The van der Waals surface area contributed by atoms with Crippen LogP contribution in [0, 0.1) is 5.92 Å². The largest absolute Gasteiger partial charge is 0.396 e. The van der Waals surface area contributed by atoms with Crippen LogP contribution < -0.4 is 5.32 Å². The van der Waals surface area contributed by atoms with Crippen LogP contribution in [0.3, 0.4) is 0 Å². The van der Waals surface area contributed by atoms with Crippen molar-refractivity contribution in [3.8, 4) is 0 Å². The third-order valence-corrected chi connectivity index (χ3v) is 4.58. The van der Waals surface area contributed by atoms with Gasteiger partial charge >= 0.3 is 0 Å². The number of hydrogen-bond donors (Lipinski definition) is 2. The van der Waals surface area contributed by atoms with Crippen molar-refractivity contribution in [3.63, 3.8) is 0 Å². The van der Waals surface area contributed by atoms with Gasteiger partial charge in [0.2, 0.25) is 0 Å². The molecule has 0 aliphatic carbocycles. The summed E-state index contributed by atoms with van der Waals surface area (Å²) in [6, 6.07) is 8.53. The molecular formula is C17H27ClN2O. The Balaban J connectivity index is 1.86. The molecule has 2 N–H and O–H groups in total. The number of halogens is 1. The number of hydrogen-bond acceptors (Lipinski definition) is 3. The Morgan fingerprint density at radius 1 is 1.48 bits per heavy atom. The summed E-state index contributed by atoms with van der Waals surface area (Å²) in [5.74, 6) is 0.679. The molecule has 0 radical (unpaired) electrons. The molecule has 0 bridgehead atoms. The zero-order chi connectivity index (χ0) is 15.1. The second kappa shape index (κ2) is 8.74. The number of aliphatic hydroxyl groups excluding tert-OH is 1. The molecule has 0 aromatic heterocycles. The van der Waals surface area contributed by atoms with E-state index in [9.17, 15) is 0 Å². The van der Waals surface area contributed by atoms with Gasteiger partial charge < -0.3 is 15.3 Å². The average Bonchev–Trinajstić information content (AvgIpc) is 2.91. The first kappa shape index (κ1) is 16.8. The highest BCUT2D eigenvalue weighted by Gasteiger charge is 2.22. The van der Waals surface area contributed by atoms with E-state index >= 15 is 0 Å². The molecule has 2 unspecified atom stereocenters. The number of rotatable bonds is 8. The maximum Gasteiger partial charge on any atom is 0.0434 e. The quantitative estimate of drug-likeness (QED) is 0.774. The fourth-order valence-corrected chi connectivity index (χ4v) is 3.40. The minimum Gasteiger partial charge on any atom is -0.396 e. The molecule has 2 atom stereocenters. The molecule has 1 fully saturated rings. The fraction of sp³-hybridized carbons (Fsp3) is 0.647. The van der Waals surface area contributed by atoms with Crippen LogP contribution in [0.5, 0.6) is 0 Å². The molecule has 1 saturated heterocycles. The van der Waals surface area contributed by atoms with Gasteiger partial charge in [-0.15, -0.1) is 0 Å². The van der Waals surface area contributed by atoms with Crippen molar-refractivity contribution >= 4 is 11.6 Å². The monoisotopic (exact) mass is 310 g/mol. The van der Waals surface area contributed by atoms with Crippen molar-refractivity contribution in [3.05, 3.63) is 34.9 Å². The van der Waals surface area contributed by atoms with E-state index in [0.717, 1.165) is 37.5 Å². The van der Waals surface area contributed by atoms with Gasteiger partial charge in [0.15, 0.2) is 0 Å². The van der Waals surface area contributed by atoms with E-state index in [4.69, 9.17) is 16.7 Å². The topological polar surface area (TPSA) is 35.5 Å². The highest BCUT2D eigenvalue weighted by molar-refractivity contribution is 6.30. The summed E-state index contributed by atoms with van der Waals surface area (Å²) in [4.78, 5) is 2.52. The predicted molar refractivity (Wildman–Crippen MR) is 88.7 cm³/mol. The SMILES string of the molecule is CCNC(CCN1CCC(CCO)C1)c1cccc(Cl)c1. The molecule has 118 valence electrons. The lowest BCUT2D eigenvalue weighted by Crippen LogP contribution is -2.28. The Morgan fingerprint density at radius 2 is 2.33 bits per heavy atom. The van der Waals surface area contributed by atoms with Crippen LogP contribution >= 0.6 is 11.6 Å². The van der Waals surface area contributed by atoms with Gasteiger partial charge in [-0.05, 0) is 62.5 Å². The standard InChI is InChI=1S/C17H27ClN2O/c1-2-19-17(15-4-3-5-16(18)12-15)7-10-20-9-6-14(13-20)8-11-21/h3-5,12,14,17,19,21H,2,6-11,13H2,1H3. The summed E-state index contributed by atoms with van der Waals surface area (Å²) >= 11 is 6.11. The molecule has 1 aromatic rings. The Bertz CT molecular complexity index is 427. The van der Waals surface area contributed by atoms with E-state index in [1.807, 2.05) is 12.1 Å². The summed E-state index contributed by atoms with van der Waals surface area (Å²) in [6.45, 7) is 6.83. The molecule has 3 nitrogen and oxygen atoms in total. The number of likely N-dealkylation sites (tertiary alicyclic amines) is 1. The summed E-state index contributed by atoms with van der Waals surface area (Å²) in [7, 11) is 0. The molecule has 2 rings (SSSR count). The van der Waals surface area contributed by atoms with Gasteiger partial charge in [-0.1, -0.05) is 30.7 Å². The number of nitrogens with one attached hydrogen (secondary N) is 1. The first-order valence-electron chi connectivity index (χ1n) is 8.05. The van der Waals surface area contributed by atoms with Gasteiger partial charge in [-0.25, -0.2) is 0 Å². The molecular weight excluding hydrogens is 284 g/mol. The van der Waals surface area contributed by atoms with Crippen molar-refractivity contribution in [1.29, 1.82) is 0 Å². The Morgan fingerprint density at radius 3 is 3.05 bits per heavy atom. The summed E-state index contributed by atoms with van der Waals surface area (Å²) in [6.07, 6.45) is 3.27. The van der Waals surface area contributed by atoms with Crippen LogP contribution in [-0.2, 0) is 0 Å². The van der Waals surface area contributed by atoms with E-state index in [2.05, 4.69) is 29.3 Å². The zero-order valence-corrected chi connectivity index (χ0v) is 13.6. The molecule has 1 heterocycles. The molecule has 0 saturated carbocycles. The number of benzene rings is 1. The summed E-state index contributed by atoms with van der Waals surface area (Å²) < 4.78 is 0. The fourth-order valence-electron chi connectivity index (χ4n) is 3.20. The smallest absolute Gasteiger partial charge is 0.0434 e. The van der Waals surface area contributed by atoms with Crippen LogP contribution in [0.15, 0.2) is 24.3 Å². The minimum absolute atomic E-state index is 0.320. The number of aliphatic hydroxyl groups is 1. The Labute approximate surface area is 133 Å². The average molecular weight is 311 g/mol. The zero-order valence-electron chi connectivity index (χ0n) is 12.9. The van der Waals surface area contributed by atoms with Crippen LogP contribution in [0.1, 0.15) is 37.8 Å². The molecule has 4 heteroatoms. The molecule has 1 aliphatic rings. The van der Waals surface area contributed by atoms with E-state index in [1.54, 1.807) is 0 Å². The Kier molecular flexibility index (Phi) is 6.97. The first-order chi connectivity index (χ1) is 10.2. The highest BCUT2D eigenvalue weighted by Crippen LogP contribution is 2.24. The highest BCUT2D eigenvalue weighted by atomic mass is 35.5. The predicted octanol–water partition coefficient (Wildman–Crippen LogP) is 3.09. The number of nitrogens with zero attached hydrogens (tertiary/aromatic N) is 1. The van der Waals surface area contributed by atoms with E-state index in [1.165, 1.54) is 18.5 Å². The van der Waals surface area contributed by atoms with Gasteiger partial charge in [0.25, 0.3) is 0 Å². The van der Waals surface area contributed by atoms with Crippen molar-refractivity contribution in [2.45, 2.75) is 32.2 Å². The molecule has 0 spiro atoms. The Hall–Kier alpha value is -0.610. The normalized spacial score (nSPS) is 20.8. The molecule has 1 aromatic carbocycles. The minimum atomic E-state index is 0.320. The summed E-state index contributed by atoms with van der Waals surface area (Å²) in [5, 5.41) is 13.4. The van der Waals surface area contributed by atoms with Crippen molar-refractivity contribution < 1.29 is 5.11 Å². The maximum atomic E-state index is 9.03. The van der Waals surface area contributed by atoms with Crippen LogP contribution in [-0.4, -0.2) is 42.8 Å². The van der Waals surface area contributed by atoms with Gasteiger partial charge in [-0.2, -0.15) is 0 Å². The molecule has 21 heavy (non-hydrogen) atoms. The second-order valence-corrected chi connectivity index (χ2v) is 6.36. The lowest BCUT2D eigenvalue weighted by Gasteiger charge is -2.22. The van der Waals surface area contributed by atoms with Crippen LogP contribution in [0.25, 0.3) is 0 Å². The van der Waals surface area contributed by atoms with E-state index < -0.39 is 0 Å². The summed E-state index contributed by atoms with van der Waals surface area (Å²) in [5.41, 5.74) is 1.27. The molecule has 0 amide bonds. The maximum absolute atomic E-state index is 9.03. The van der Waals surface area contributed by atoms with Gasteiger partial charge in [0, 0.05) is 24.2 Å². The van der Waals surface area contributed by atoms with E-state index in [-0.39, 0.29) is 0 Å². The van der Waals surface area contributed by atoms with E-state index in [0.29, 0.717) is 18.6 Å².